The van der Waals surface area contributed by atoms with Gasteiger partial charge in [-0.3, -0.25) is 9.69 Å². The Bertz CT molecular complexity index is 1490. The second-order valence-corrected chi connectivity index (χ2v) is 8.26. The van der Waals surface area contributed by atoms with Gasteiger partial charge in [-0.2, -0.15) is 27.1 Å². The number of anilines is 2. The van der Waals surface area contributed by atoms with Gasteiger partial charge in [-0.15, -0.1) is 0 Å². The number of aryl methyl sites for hydroxylation is 2. The van der Waals surface area contributed by atoms with Crippen molar-refractivity contribution in [1.29, 1.82) is 0 Å². The molecule has 1 aliphatic rings. The van der Waals surface area contributed by atoms with Crippen LogP contribution in [-0.4, -0.2) is 44.1 Å². The molecular weight excluding hydrogens is 536 g/mol. The molecule has 0 atom stereocenters. The summed E-state index contributed by atoms with van der Waals surface area (Å²) in [5.41, 5.74) is 6.82. The van der Waals surface area contributed by atoms with Gasteiger partial charge in [-0.25, -0.2) is 23.2 Å². The van der Waals surface area contributed by atoms with Crippen molar-refractivity contribution in [2.45, 2.75) is 32.5 Å². The molecule has 1 aromatic heterocycles. The molecule has 0 aliphatic carbocycles. The summed E-state index contributed by atoms with van der Waals surface area (Å²) in [7, 11) is 0. The maximum Gasteiger partial charge on any atom is 0.490 e. The van der Waals surface area contributed by atoms with E-state index in [0.29, 0.717) is 12.1 Å². The van der Waals surface area contributed by atoms with E-state index in [1.165, 1.54) is 17.0 Å². The average Bonchev–Trinajstić information content (AvgIpc) is 3.22. The van der Waals surface area contributed by atoms with Crippen LogP contribution in [0.3, 0.4) is 0 Å². The van der Waals surface area contributed by atoms with Gasteiger partial charge in [0.05, 0.1) is 23.6 Å². The van der Waals surface area contributed by atoms with E-state index in [4.69, 9.17) is 15.6 Å². The summed E-state index contributed by atoms with van der Waals surface area (Å²) in [6, 6.07) is 9.66. The molecule has 0 bridgehead atoms. The molecule has 3 aromatic rings. The molecule has 208 valence electrons. The van der Waals surface area contributed by atoms with E-state index in [1.54, 1.807) is 0 Å². The van der Waals surface area contributed by atoms with Crippen molar-refractivity contribution in [1.82, 2.24) is 14.3 Å². The summed E-state index contributed by atoms with van der Waals surface area (Å²) in [5, 5.41) is 10.9. The summed E-state index contributed by atoms with van der Waals surface area (Å²) in [6.45, 7) is 0.967. The Morgan fingerprint density at radius 3 is 2.36 bits per heavy atom. The van der Waals surface area contributed by atoms with Crippen molar-refractivity contribution >= 4 is 23.3 Å². The number of alkyl halides is 3. The Morgan fingerprint density at radius 2 is 1.79 bits per heavy atom. The third-order valence-corrected chi connectivity index (χ3v) is 5.68. The van der Waals surface area contributed by atoms with Crippen LogP contribution < -0.4 is 16.3 Å². The first-order valence-electron chi connectivity index (χ1n) is 11.1. The molecule has 3 N–H and O–H groups in total. The van der Waals surface area contributed by atoms with Crippen LogP contribution in [0.1, 0.15) is 17.5 Å². The van der Waals surface area contributed by atoms with Crippen LogP contribution in [-0.2, 0) is 22.6 Å². The maximum atomic E-state index is 15.2. The number of carbonyl (C=O) groups excluding carboxylic acids is 1. The van der Waals surface area contributed by atoms with Gasteiger partial charge < -0.3 is 10.8 Å². The summed E-state index contributed by atoms with van der Waals surface area (Å²) >= 11 is 0. The maximum absolute atomic E-state index is 15.2. The van der Waals surface area contributed by atoms with Crippen molar-refractivity contribution in [3.05, 3.63) is 81.8 Å². The molecule has 0 saturated carbocycles. The molecule has 0 fully saturated rings. The number of aromatic nitrogens is 3. The number of hydrogen-bond acceptors (Lipinski definition) is 5. The molecule has 2 heterocycles. The van der Waals surface area contributed by atoms with Gasteiger partial charge in [-0.1, -0.05) is 18.2 Å². The third kappa shape index (κ3) is 6.37. The van der Waals surface area contributed by atoms with Gasteiger partial charge in [-0.05, 0) is 36.6 Å². The van der Waals surface area contributed by atoms with E-state index >= 15 is 4.39 Å². The Balaban J connectivity index is 0.000000532. The number of carbonyl (C=O) groups is 2. The second kappa shape index (κ2) is 11.6. The van der Waals surface area contributed by atoms with E-state index in [0.717, 1.165) is 32.8 Å². The summed E-state index contributed by atoms with van der Waals surface area (Å²) in [5.74, 6) is -3.69. The quantitative estimate of drug-likeness (QED) is 0.460. The highest BCUT2D eigenvalue weighted by Crippen LogP contribution is 2.38. The number of rotatable bonds is 5. The lowest BCUT2D eigenvalue weighted by molar-refractivity contribution is -0.192. The lowest BCUT2D eigenvalue weighted by atomic mass is 9.97. The van der Waals surface area contributed by atoms with Crippen molar-refractivity contribution in [2.24, 2.45) is 5.73 Å². The third-order valence-electron chi connectivity index (χ3n) is 5.68. The zero-order chi connectivity index (χ0) is 29.1. The molecule has 15 heteroatoms. The number of nitrogens with two attached hydrogens (primary N) is 1. The zero-order valence-corrected chi connectivity index (χ0v) is 20.2. The smallest absolute Gasteiger partial charge is 0.475 e. The molecule has 4 rings (SSSR count). The number of benzene rings is 2. The van der Waals surface area contributed by atoms with Crippen molar-refractivity contribution in [3.63, 3.8) is 0 Å². The lowest BCUT2D eigenvalue weighted by Crippen LogP contribution is -2.32. The van der Waals surface area contributed by atoms with Crippen molar-refractivity contribution < 1.29 is 41.0 Å². The van der Waals surface area contributed by atoms with E-state index in [1.807, 2.05) is 25.1 Å². The number of para-hydroxylation sites is 1. The molecule has 1 aliphatic heterocycles. The van der Waals surface area contributed by atoms with Gasteiger partial charge in [0.1, 0.15) is 12.1 Å². The number of aliphatic carboxylic acids is 1. The SMILES string of the molecule is Cc1cccc2c1N(c1ccc(-n3cnn(CC(CN)=C(F)F)c3=O)cc1F)C(=O)CC2.O=C(O)C(F)(F)F. The predicted molar refractivity (Wildman–Crippen MR) is 126 cm³/mol. The van der Waals surface area contributed by atoms with E-state index < -0.39 is 48.4 Å². The van der Waals surface area contributed by atoms with Crippen LogP contribution in [0.2, 0.25) is 0 Å². The predicted octanol–water partition coefficient (Wildman–Crippen LogP) is 3.84. The normalized spacial score (nSPS) is 12.9. The van der Waals surface area contributed by atoms with E-state index in [2.05, 4.69) is 5.10 Å². The first kappa shape index (κ1) is 29.2. The van der Waals surface area contributed by atoms with Crippen LogP contribution in [0.4, 0.5) is 37.7 Å². The van der Waals surface area contributed by atoms with Crippen LogP contribution in [0.5, 0.6) is 0 Å². The fourth-order valence-electron chi connectivity index (χ4n) is 3.81. The molecule has 0 unspecified atom stereocenters. The number of carboxylic acid groups (broad SMARTS) is 1. The first-order valence-corrected chi connectivity index (χ1v) is 11.1. The zero-order valence-electron chi connectivity index (χ0n) is 20.2. The van der Waals surface area contributed by atoms with Crippen LogP contribution in [0.25, 0.3) is 5.69 Å². The number of hydrogen-bond donors (Lipinski definition) is 2. The molecule has 0 saturated heterocycles. The molecule has 1 amide bonds. The minimum Gasteiger partial charge on any atom is -0.475 e. The highest BCUT2D eigenvalue weighted by molar-refractivity contribution is 6.04. The molecule has 39 heavy (non-hydrogen) atoms. The molecule has 9 nitrogen and oxygen atoms in total. The van der Waals surface area contributed by atoms with E-state index in [9.17, 15) is 31.5 Å². The minimum absolute atomic E-state index is 0.0716. The van der Waals surface area contributed by atoms with Crippen LogP contribution >= 0.6 is 0 Å². The highest BCUT2D eigenvalue weighted by Gasteiger charge is 2.38. The average molecular weight is 557 g/mol. The van der Waals surface area contributed by atoms with Gasteiger partial charge in [0, 0.05) is 24.6 Å². The Kier molecular flexibility index (Phi) is 8.64. The second-order valence-electron chi connectivity index (χ2n) is 8.26. The van der Waals surface area contributed by atoms with Gasteiger partial charge in [0.2, 0.25) is 5.91 Å². The molecule has 2 aromatic carbocycles. The summed E-state index contributed by atoms with van der Waals surface area (Å²) < 4.78 is 74.5. The minimum atomic E-state index is -5.08. The Morgan fingerprint density at radius 1 is 1.13 bits per heavy atom. The lowest BCUT2D eigenvalue weighted by Gasteiger charge is -2.31. The number of fused-ring (bicyclic) bond motifs is 1. The monoisotopic (exact) mass is 557 g/mol. The van der Waals surface area contributed by atoms with Gasteiger partial charge in [0.15, 0.2) is 0 Å². The molecular formula is C24H21F6N5O4. The largest absolute Gasteiger partial charge is 0.490 e. The summed E-state index contributed by atoms with van der Waals surface area (Å²) in [6.07, 6.45) is -5.09. The highest BCUT2D eigenvalue weighted by atomic mass is 19.4. The standard InChI is InChI=1S/C22H20F3N5O2.C2HF3O2/c1-13-3-2-4-14-5-8-19(31)30(20(13)14)18-7-6-16(9-17(18)23)28-12-27-29(22(28)32)11-15(10-26)21(24)25;3-2(4,5)1(6)7/h2-4,6-7,9,12H,5,8,10-11,26H2,1H3;(H,6,7). The van der Waals surface area contributed by atoms with Gasteiger partial charge >= 0.3 is 17.8 Å². The van der Waals surface area contributed by atoms with Gasteiger partial charge in [0.25, 0.3) is 6.08 Å². The molecule has 0 radical (unpaired) electrons. The fraction of sp³-hybridized carbons (Fsp3) is 0.250. The number of halogens is 6. The molecule has 0 spiro atoms. The van der Waals surface area contributed by atoms with Crippen molar-refractivity contribution in [2.75, 3.05) is 11.4 Å². The fourth-order valence-corrected chi connectivity index (χ4v) is 3.81. The number of carboxylic acids is 1. The van der Waals surface area contributed by atoms with Crippen LogP contribution in [0, 0.1) is 12.7 Å². The summed E-state index contributed by atoms with van der Waals surface area (Å²) in [4.78, 5) is 35.5. The Labute approximate surface area is 216 Å². The topological polar surface area (TPSA) is 123 Å². The van der Waals surface area contributed by atoms with Crippen LogP contribution in [0.15, 0.2) is 59.2 Å². The number of amides is 1. The number of nitrogens with zero attached hydrogens (tertiary/aromatic N) is 4. The van der Waals surface area contributed by atoms with Crippen molar-refractivity contribution in [3.8, 4) is 5.69 Å². The van der Waals surface area contributed by atoms with E-state index in [-0.39, 0.29) is 23.7 Å². The first-order chi connectivity index (χ1) is 18.3. The Hall–Kier alpha value is -4.40.